The van der Waals surface area contributed by atoms with Crippen molar-refractivity contribution in [3.63, 3.8) is 0 Å². The molecule has 2 aliphatic rings. The van der Waals surface area contributed by atoms with Crippen molar-refractivity contribution >= 4 is 115 Å². The summed E-state index contributed by atoms with van der Waals surface area (Å²) >= 11 is 0. The number of rotatable bonds is 0. The Morgan fingerprint density at radius 1 is 0.315 bits per heavy atom. The van der Waals surface area contributed by atoms with Crippen molar-refractivity contribution in [2.45, 2.75) is 5.92 Å². The fourth-order valence-corrected chi connectivity index (χ4v) is 10.1. The van der Waals surface area contributed by atoms with Crippen LogP contribution in [0.4, 0.5) is 0 Å². The SMILES string of the molecule is C1=CC2C=c3ccc4cc5ccc6cc7ccc8ccccc8c7cc6c5cc4c3=CC2c2cc3c(ccc4cc5ccc6ccccc6c5cc43)cc21. The third-order valence-corrected chi connectivity index (χ3v) is 12.8. The molecule has 54 heavy (non-hydrogen) atoms. The third kappa shape index (κ3) is 3.98. The Balaban J connectivity index is 1.05. The number of hydrogen-bond acceptors (Lipinski definition) is 0. The van der Waals surface area contributed by atoms with Crippen molar-refractivity contribution in [1.82, 2.24) is 0 Å². The summed E-state index contributed by atoms with van der Waals surface area (Å²) in [6.45, 7) is 0. The largest absolute Gasteiger partial charge is 0.0761 e. The molecule has 11 aromatic carbocycles. The van der Waals surface area contributed by atoms with Gasteiger partial charge in [0.25, 0.3) is 0 Å². The summed E-state index contributed by atoms with van der Waals surface area (Å²) in [5.74, 6) is 0.586. The quantitative estimate of drug-likeness (QED) is 0.110. The van der Waals surface area contributed by atoms with Crippen molar-refractivity contribution in [3.8, 4) is 0 Å². The Kier molecular flexibility index (Phi) is 5.56. The lowest BCUT2D eigenvalue weighted by Crippen LogP contribution is -2.33. The van der Waals surface area contributed by atoms with Crippen LogP contribution in [0.1, 0.15) is 17.0 Å². The lowest BCUT2D eigenvalue weighted by atomic mass is 9.75. The molecule has 0 aliphatic heterocycles. The van der Waals surface area contributed by atoms with Crippen molar-refractivity contribution < 1.29 is 0 Å². The summed E-state index contributed by atoms with van der Waals surface area (Å²) < 4.78 is 0. The maximum absolute atomic E-state index is 2.59. The summed E-state index contributed by atoms with van der Waals surface area (Å²) in [6, 6.07) is 59.9. The molecule has 2 aliphatic carbocycles. The van der Waals surface area contributed by atoms with Crippen LogP contribution in [0, 0.1) is 5.92 Å². The Bertz CT molecular complexity index is 3670. The van der Waals surface area contributed by atoms with Crippen LogP contribution in [-0.2, 0) is 0 Å². The molecule has 0 heteroatoms. The highest BCUT2D eigenvalue weighted by Crippen LogP contribution is 2.42. The Hall–Kier alpha value is -6.76. The fraction of sp³-hybridized carbons (Fsp3) is 0.0370. The molecular formula is C54H32. The van der Waals surface area contributed by atoms with Crippen molar-refractivity contribution in [2.24, 2.45) is 5.92 Å². The van der Waals surface area contributed by atoms with E-state index in [-0.39, 0.29) is 5.92 Å². The maximum atomic E-state index is 2.59. The van der Waals surface area contributed by atoms with Gasteiger partial charge in [-0.2, -0.15) is 0 Å². The average molecular weight is 681 g/mol. The predicted octanol–water partition coefficient (Wildman–Crippen LogP) is 13.1. The summed E-state index contributed by atoms with van der Waals surface area (Å²) in [5, 5.41) is 26.2. The van der Waals surface area contributed by atoms with E-state index in [9.17, 15) is 0 Å². The highest BCUT2D eigenvalue weighted by atomic mass is 14.3. The second-order valence-corrected chi connectivity index (χ2v) is 15.7. The highest BCUT2D eigenvalue weighted by molar-refractivity contribution is 6.20. The number of hydrogen-bond donors (Lipinski definition) is 0. The van der Waals surface area contributed by atoms with E-state index < -0.39 is 0 Å². The van der Waals surface area contributed by atoms with E-state index in [0.29, 0.717) is 5.92 Å². The standard InChI is InChI=1S/C54H32/c1-3-7-43-31(5-1)9-11-33-21-35-13-15-37-23-39-17-19-41-25-42-20-18-40-24-38-16-14-36-22-34-12-10-32-6-2-4-8-44(32)46(34)27-48(36)50(38)29-52(40)54(42)30-53(41)51(39)28-49(37)47(35)26-45(33)43/h1-30,41,53H. The van der Waals surface area contributed by atoms with Gasteiger partial charge in [0.05, 0.1) is 0 Å². The van der Waals surface area contributed by atoms with Crippen molar-refractivity contribution in [3.05, 3.63) is 185 Å². The van der Waals surface area contributed by atoms with E-state index in [1.165, 1.54) is 119 Å². The zero-order chi connectivity index (χ0) is 35.1. The van der Waals surface area contributed by atoms with E-state index in [1.807, 2.05) is 0 Å². The lowest BCUT2D eigenvalue weighted by molar-refractivity contribution is 0.755. The van der Waals surface area contributed by atoms with Gasteiger partial charge >= 0.3 is 0 Å². The molecule has 0 bridgehead atoms. The van der Waals surface area contributed by atoms with Gasteiger partial charge < -0.3 is 0 Å². The number of allylic oxidation sites excluding steroid dienone is 1. The van der Waals surface area contributed by atoms with Gasteiger partial charge in [-0.05, 0) is 167 Å². The summed E-state index contributed by atoms with van der Waals surface area (Å²) in [4.78, 5) is 0. The van der Waals surface area contributed by atoms with Gasteiger partial charge in [-0.25, -0.2) is 0 Å². The molecule has 0 saturated carbocycles. The monoisotopic (exact) mass is 680 g/mol. The molecular weight excluding hydrogens is 649 g/mol. The van der Waals surface area contributed by atoms with E-state index in [4.69, 9.17) is 0 Å². The fourth-order valence-electron chi connectivity index (χ4n) is 10.1. The molecule has 2 atom stereocenters. The molecule has 0 saturated heterocycles. The van der Waals surface area contributed by atoms with Crippen LogP contribution >= 0.6 is 0 Å². The summed E-state index contributed by atoms with van der Waals surface area (Å²) in [5.41, 5.74) is 2.75. The molecule has 2 unspecified atom stereocenters. The average Bonchev–Trinajstić information content (AvgIpc) is 3.23. The first-order valence-electron chi connectivity index (χ1n) is 19.1. The zero-order valence-corrected chi connectivity index (χ0v) is 29.5. The maximum Gasteiger partial charge on any atom is 0.0131 e. The Morgan fingerprint density at radius 3 is 1.35 bits per heavy atom. The minimum absolute atomic E-state index is 0.266. The molecule has 248 valence electrons. The minimum atomic E-state index is 0.266. The molecule has 0 spiro atoms. The highest BCUT2D eigenvalue weighted by Gasteiger charge is 2.26. The van der Waals surface area contributed by atoms with E-state index in [0.717, 1.165) is 0 Å². The smallest absolute Gasteiger partial charge is 0.0131 e. The molecule has 0 nitrogen and oxygen atoms in total. The van der Waals surface area contributed by atoms with Crippen LogP contribution in [0.3, 0.4) is 0 Å². The molecule has 0 heterocycles. The molecule has 0 radical (unpaired) electrons. The topological polar surface area (TPSA) is 0 Å². The minimum Gasteiger partial charge on any atom is -0.0761 e. The van der Waals surface area contributed by atoms with Crippen LogP contribution < -0.4 is 10.4 Å². The second kappa shape index (κ2) is 10.4. The van der Waals surface area contributed by atoms with Gasteiger partial charge in [0.15, 0.2) is 0 Å². The number of fused-ring (bicyclic) bond motifs is 18. The molecule has 11 aromatic rings. The van der Waals surface area contributed by atoms with Gasteiger partial charge in [0, 0.05) is 11.8 Å². The van der Waals surface area contributed by atoms with E-state index in [1.54, 1.807) is 0 Å². The second-order valence-electron chi connectivity index (χ2n) is 15.7. The van der Waals surface area contributed by atoms with E-state index in [2.05, 4.69) is 182 Å². The Morgan fingerprint density at radius 2 is 0.759 bits per heavy atom. The number of benzene rings is 11. The van der Waals surface area contributed by atoms with Crippen LogP contribution in [0.25, 0.3) is 115 Å². The normalized spacial score (nSPS) is 16.4. The van der Waals surface area contributed by atoms with Crippen LogP contribution in [0.15, 0.2) is 164 Å². The molecule has 0 fully saturated rings. The summed E-state index contributed by atoms with van der Waals surface area (Å²) in [7, 11) is 0. The molecule has 13 rings (SSSR count). The van der Waals surface area contributed by atoms with Gasteiger partial charge in [-0.3, -0.25) is 0 Å². The molecule has 0 aromatic heterocycles. The van der Waals surface area contributed by atoms with E-state index >= 15 is 0 Å². The predicted molar refractivity (Wildman–Crippen MR) is 234 cm³/mol. The van der Waals surface area contributed by atoms with Crippen LogP contribution in [0.2, 0.25) is 0 Å². The molecule has 0 amide bonds. The van der Waals surface area contributed by atoms with Crippen molar-refractivity contribution in [2.75, 3.05) is 0 Å². The summed E-state index contributed by atoms with van der Waals surface area (Å²) in [6.07, 6.45) is 9.88. The first kappa shape index (κ1) is 28.8. The van der Waals surface area contributed by atoms with Gasteiger partial charge in [-0.15, -0.1) is 0 Å². The zero-order valence-electron chi connectivity index (χ0n) is 29.5. The van der Waals surface area contributed by atoms with Crippen molar-refractivity contribution in [1.29, 1.82) is 0 Å². The third-order valence-electron chi connectivity index (χ3n) is 12.8. The Labute approximate surface area is 311 Å². The lowest BCUT2D eigenvalue weighted by Gasteiger charge is -2.29. The van der Waals surface area contributed by atoms with Gasteiger partial charge in [0.2, 0.25) is 0 Å². The first-order valence-corrected chi connectivity index (χ1v) is 19.1. The first-order chi connectivity index (χ1) is 26.7. The van der Waals surface area contributed by atoms with Crippen LogP contribution in [0.5, 0.6) is 0 Å². The molecule has 0 N–H and O–H groups in total. The van der Waals surface area contributed by atoms with Crippen LogP contribution in [-0.4, -0.2) is 0 Å². The van der Waals surface area contributed by atoms with Gasteiger partial charge in [0.1, 0.15) is 0 Å². The van der Waals surface area contributed by atoms with Gasteiger partial charge in [-0.1, -0.05) is 133 Å².